The molecule has 140 valence electrons. The van der Waals surface area contributed by atoms with Gasteiger partial charge in [-0.15, -0.1) is 0 Å². The van der Waals surface area contributed by atoms with Gasteiger partial charge in [-0.1, -0.05) is 30.1 Å². The van der Waals surface area contributed by atoms with Crippen molar-refractivity contribution in [2.75, 3.05) is 23.1 Å². The average Bonchev–Trinajstić information content (AvgIpc) is 2.61. The number of hydrogen-bond donors (Lipinski definition) is 4. The van der Waals surface area contributed by atoms with Gasteiger partial charge in [-0.25, -0.2) is 9.97 Å². The number of amides is 1. The molecular weight excluding hydrogens is 379 g/mol. The van der Waals surface area contributed by atoms with Crippen LogP contribution in [0.2, 0.25) is 10.0 Å². The van der Waals surface area contributed by atoms with E-state index in [0.717, 1.165) is 6.42 Å². The van der Waals surface area contributed by atoms with Crippen molar-refractivity contribution in [3.8, 4) is 5.75 Å². The van der Waals surface area contributed by atoms with Crippen LogP contribution < -0.4 is 26.6 Å². The molecule has 0 fully saturated rings. The van der Waals surface area contributed by atoms with Gasteiger partial charge < -0.3 is 15.8 Å². The van der Waals surface area contributed by atoms with E-state index in [1.165, 1.54) is 12.4 Å². The summed E-state index contributed by atoms with van der Waals surface area (Å²) in [5.74, 6) is 0.692. The van der Waals surface area contributed by atoms with Crippen LogP contribution in [0.4, 0.5) is 17.3 Å². The Balaban J connectivity index is 1.90. The Bertz CT molecular complexity index is 774. The van der Waals surface area contributed by atoms with Crippen molar-refractivity contribution in [3.63, 3.8) is 0 Å². The highest BCUT2D eigenvalue weighted by molar-refractivity contribution is 6.35. The summed E-state index contributed by atoms with van der Waals surface area (Å²) in [5, 5.41) is 3.97. The van der Waals surface area contributed by atoms with E-state index < -0.39 is 5.91 Å². The summed E-state index contributed by atoms with van der Waals surface area (Å²) in [6.45, 7) is 3.80. The van der Waals surface area contributed by atoms with Gasteiger partial charge in [-0.05, 0) is 31.5 Å². The first-order valence-corrected chi connectivity index (χ1v) is 8.66. The van der Waals surface area contributed by atoms with Gasteiger partial charge in [0.25, 0.3) is 5.91 Å². The minimum absolute atomic E-state index is 0.201. The van der Waals surface area contributed by atoms with E-state index in [2.05, 4.69) is 26.1 Å². The summed E-state index contributed by atoms with van der Waals surface area (Å²) in [6, 6.07) is 4.93. The molecule has 26 heavy (non-hydrogen) atoms. The Morgan fingerprint density at radius 2 is 2.04 bits per heavy atom. The largest absolute Gasteiger partial charge is 0.482 e. The molecule has 0 saturated heterocycles. The molecule has 1 aromatic carbocycles. The van der Waals surface area contributed by atoms with Crippen molar-refractivity contribution >= 4 is 46.4 Å². The monoisotopic (exact) mass is 398 g/mol. The first-order valence-electron chi connectivity index (χ1n) is 7.90. The molecule has 0 radical (unpaired) electrons. The van der Waals surface area contributed by atoms with Crippen molar-refractivity contribution in [1.29, 1.82) is 0 Å². The molecule has 1 atom stereocenters. The van der Waals surface area contributed by atoms with Crippen molar-refractivity contribution in [1.82, 2.24) is 15.4 Å². The van der Waals surface area contributed by atoms with Gasteiger partial charge in [0.2, 0.25) is 0 Å². The lowest BCUT2D eigenvalue weighted by Gasteiger charge is -2.16. The van der Waals surface area contributed by atoms with Crippen LogP contribution in [0, 0.1) is 0 Å². The normalized spacial score (nSPS) is 11.5. The van der Waals surface area contributed by atoms with Crippen LogP contribution in [0.1, 0.15) is 20.3 Å². The lowest BCUT2D eigenvalue weighted by molar-refractivity contribution is -0.122. The molecule has 0 aliphatic carbocycles. The van der Waals surface area contributed by atoms with Crippen molar-refractivity contribution in [3.05, 3.63) is 34.6 Å². The Kier molecular flexibility index (Phi) is 7.11. The van der Waals surface area contributed by atoms with E-state index in [4.69, 9.17) is 33.7 Å². The van der Waals surface area contributed by atoms with Gasteiger partial charge in [0.1, 0.15) is 17.8 Å². The number of aromatic nitrogens is 2. The number of nitrogens with one attached hydrogen (secondary N) is 3. The fourth-order valence-electron chi connectivity index (χ4n) is 1.85. The van der Waals surface area contributed by atoms with Gasteiger partial charge in [0.05, 0.1) is 5.02 Å². The minimum atomic E-state index is -0.439. The summed E-state index contributed by atoms with van der Waals surface area (Å²) in [5.41, 5.74) is 11.4. The van der Waals surface area contributed by atoms with Crippen LogP contribution in [0.5, 0.6) is 5.75 Å². The topological polar surface area (TPSA) is 114 Å². The van der Waals surface area contributed by atoms with Gasteiger partial charge in [0.15, 0.2) is 18.2 Å². The Morgan fingerprint density at radius 1 is 1.31 bits per heavy atom. The number of hydrazine groups is 1. The van der Waals surface area contributed by atoms with Gasteiger partial charge in [-0.3, -0.25) is 15.6 Å². The first-order chi connectivity index (χ1) is 12.4. The van der Waals surface area contributed by atoms with Crippen molar-refractivity contribution < 1.29 is 9.53 Å². The first kappa shape index (κ1) is 19.9. The molecule has 1 heterocycles. The molecule has 1 aromatic heterocycles. The number of halogens is 2. The third-order valence-corrected chi connectivity index (χ3v) is 3.98. The maximum absolute atomic E-state index is 11.9. The lowest BCUT2D eigenvalue weighted by atomic mass is 10.2. The van der Waals surface area contributed by atoms with E-state index in [9.17, 15) is 4.79 Å². The maximum Gasteiger partial charge on any atom is 0.276 e. The zero-order chi connectivity index (χ0) is 19.1. The third-order valence-electron chi connectivity index (χ3n) is 3.45. The number of hydrogen-bond acceptors (Lipinski definition) is 7. The second-order valence-electron chi connectivity index (χ2n) is 5.47. The summed E-state index contributed by atoms with van der Waals surface area (Å²) < 4.78 is 5.34. The lowest BCUT2D eigenvalue weighted by Crippen LogP contribution is -2.34. The van der Waals surface area contributed by atoms with Crippen LogP contribution in [0.25, 0.3) is 0 Å². The number of anilines is 3. The van der Waals surface area contributed by atoms with Crippen molar-refractivity contribution in [2.24, 2.45) is 0 Å². The molecule has 2 rings (SSSR count). The van der Waals surface area contributed by atoms with Gasteiger partial charge >= 0.3 is 0 Å². The number of nitrogens with two attached hydrogens (primary N) is 1. The Labute approximate surface area is 161 Å². The van der Waals surface area contributed by atoms with E-state index in [1.807, 2.05) is 13.8 Å². The SMILES string of the molecule is CCC(C)Nc1ncnc(NNC(=O)COc2ccc(Cl)cc2Cl)c1N. The smallest absolute Gasteiger partial charge is 0.276 e. The van der Waals surface area contributed by atoms with Crippen molar-refractivity contribution in [2.45, 2.75) is 26.3 Å². The number of ether oxygens (including phenoxy) is 1. The Morgan fingerprint density at radius 3 is 2.73 bits per heavy atom. The number of carbonyl (C=O) groups is 1. The minimum Gasteiger partial charge on any atom is -0.482 e. The zero-order valence-electron chi connectivity index (χ0n) is 14.3. The number of nitrogen functional groups attached to an aromatic ring is 1. The molecule has 5 N–H and O–H groups in total. The van der Waals surface area contributed by atoms with Crippen LogP contribution >= 0.6 is 23.2 Å². The van der Waals surface area contributed by atoms with E-state index in [1.54, 1.807) is 12.1 Å². The highest BCUT2D eigenvalue weighted by Gasteiger charge is 2.11. The summed E-state index contributed by atoms with van der Waals surface area (Å²) in [7, 11) is 0. The summed E-state index contributed by atoms with van der Waals surface area (Å²) in [6.07, 6.45) is 2.26. The number of rotatable bonds is 8. The van der Waals surface area contributed by atoms with Crippen LogP contribution in [-0.4, -0.2) is 28.5 Å². The summed E-state index contributed by atoms with van der Waals surface area (Å²) >= 11 is 11.8. The molecule has 8 nitrogen and oxygen atoms in total. The standard InChI is InChI=1S/C16H20Cl2N6O2/c1-3-9(2)22-15-14(19)16(21-8-20-15)24-23-13(25)7-26-12-5-4-10(17)6-11(12)18/h4-6,8-9H,3,7,19H2,1-2H3,(H,23,25)(H2,20,21,22,24). The molecule has 1 amide bonds. The molecule has 10 heteroatoms. The highest BCUT2D eigenvalue weighted by Crippen LogP contribution is 2.27. The highest BCUT2D eigenvalue weighted by atomic mass is 35.5. The summed E-state index contributed by atoms with van der Waals surface area (Å²) in [4.78, 5) is 20.0. The fraction of sp³-hybridized carbons (Fsp3) is 0.312. The number of nitrogens with zero attached hydrogens (tertiary/aromatic N) is 2. The molecule has 1 unspecified atom stereocenters. The zero-order valence-corrected chi connectivity index (χ0v) is 15.9. The van der Waals surface area contributed by atoms with Gasteiger partial charge in [-0.2, -0.15) is 0 Å². The molecule has 0 spiro atoms. The Hall–Kier alpha value is -2.45. The number of benzene rings is 1. The number of carbonyl (C=O) groups excluding carboxylic acids is 1. The van der Waals surface area contributed by atoms with Crippen LogP contribution in [0.3, 0.4) is 0 Å². The molecular formula is C16H20Cl2N6O2. The maximum atomic E-state index is 11.9. The average molecular weight is 399 g/mol. The molecule has 2 aromatic rings. The molecule has 0 saturated carbocycles. The fourth-order valence-corrected chi connectivity index (χ4v) is 2.31. The third kappa shape index (κ3) is 5.53. The van der Waals surface area contributed by atoms with Gasteiger partial charge in [0, 0.05) is 11.1 Å². The predicted molar refractivity (Wildman–Crippen MR) is 104 cm³/mol. The van der Waals surface area contributed by atoms with E-state index >= 15 is 0 Å². The second kappa shape index (κ2) is 9.30. The van der Waals surface area contributed by atoms with Crippen LogP contribution in [-0.2, 0) is 4.79 Å². The van der Waals surface area contributed by atoms with Crippen LogP contribution in [0.15, 0.2) is 24.5 Å². The van der Waals surface area contributed by atoms with E-state index in [-0.39, 0.29) is 18.5 Å². The molecule has 0 bridgehead atoms. The molecule has 0 aliphatic heterocycles. The quantitative estimate of drug-likeness (QED) is 0.505. The predicted octanol–water partition coefficient (Wildman–Crippen LogP) is 3.10. The second-order valence-corrected chi connectivity index (χ2v) is 6.32. The molecule has 0 aliphatic rings. The van der Waals surface area contributed by atoms with E-state index in [0.29, 0.717) is 27.3 Å².